The van der Waals surface area contributed by atoms with Crippen molar-refractivity contribution in [2.45, 2.75) is 32.6 Å². The van der Waals surface area contributed by atoms with E-state index in [1.165, 1.54) is 5.56 Å². The smallest absolute Gasteiger partial charge is 0.253 e. The summed E-state index contributed by atoms with van der Waals surface area (Å²) in [5.41, 5.74) is 1.94. The molecule has 5 nitrogen and oxygen atoms in total. The summed E-state index contributed by atoms with van der Waals surface area (Å²) in [5, 5.41) is 0. The molecule has 25 heavy (non-hydrogen) atoms. The van der Waals surface area contributed by atoms with Gasteiger partial charge in [0.2, 0.25) is 5.91 Å². The molecule has 0 aliphatic carbocycles. The van der Waals surface area contributed by atoms with Gasteiger partial charge in [0.05, 0.1) is 19.1 Å². The predicted molar refractivity (Wildman–Crippen MR) is 96.6 cm³/mol. The summed E-state index contributed by atoms with van der Waals surface area (Å²) in [4.78, 5) is 29.2. The van der Waals surface area contributed by atoms with E-state index in [0.717, 1.165) is 19.4 Å². The molecule has 2 amide bonds. The molecule has 1 atom stereocenters. The summed E-state index contributed by atoms with van der Waals surface area (Å²) in [6, 6.07) is 7.87. The molecule has 0 aromatic heterocycles. The number of carbonyl (C=O) groups is 2. The molecule has 3 rings (SSSR count). The van der Waals surface area contributed by atoms with E-state index < -0.39 is 0 Å². The van der Waals surface area contributed by atoms with Crippen LogP contribution in [0.2, 0.25) is 0 Å². The Kier molecular flexibility index (Phi) is 5.74. The van der Waals surface area contributed by atoms with Crippen molar-refractivity contribution < 1.29 is 14.3 Å². The van der Waals surface area contributed by atoms with Crippen LogP contribution in [-0.2, 0) is 9.53 Å². The van der Waals surface area contributed by atoms with Crippen LogP contribution < -0.4 is 0 Å². The van der Waals surface area contributed by atoms with E-state index >= 15 is 0 Å². The van der Waals surface area contributed by atoms with Crippen molar-refractivity contribution in [3.8, 4) is 0 Å². The Morgan fingerprint density at radius 3 is 2.36 bits per heavy atom. The van der Waals surface area contributed by atoms with E-state index in [9.17, 15) is 9.59 Å². The van der Waals surface area contributed by atoms with Crippen molar-refractivity contribution in [3.63, 3.8) is 0 Å². The standard InChI is InChI=1S/C20H28N2O3/c1-15(2)16-5-7-17(8-6-16)19(23)22-9-3-4-18(14-22)20(24)21-10-12-25-13-11-21/h5-8,15,18H,3-4,9-14H2,1-2H3. The number of piperidine rings is 1. The zero-order chi connectivity index (χ0) is 17.8. The van der Waals surface area contributed by atoms with E-state index in [0.29, 0.717) is 44.3 Å². The molecule has 1 aromatic carbocycles. The van der Waals surface area contributed by atoms with Crippen molar-refractivity contribution >= 4 is 11.8 Å². The fourth-order valence-corrected chi connectivity index (χ4v) is 3.60. The number of ether oxygens (including phenoxy) is 1. The summed E-state index contributed by atoms with van der Waals surface area (Å²) in [5.74, 6) is 0.589. The van der Waals surface area contributed by atoms with E-state index in [-0.39, 0.29) is 17.7 Å². The largest absolute Gasteiger partial charge is 0.378 e. The first-order valence-electron chi connectivity index (χ1n) is 9.32. The summed E-state index contributed by atoms with van der Waals surface area (Å²) in [6.07, 6.45) is 1.75. The molecule has 136 valence electrons. The average molecular weight is 344 g/mol. The van der Waals surface area contributed by atoms with Gasteiger partial charge in [-0.3, -0.25) is 9.59 Å². The highest BCUT2D eigenvalue weighted by atomic mass is 16.5. The van der Waals surface area contributed by atoms with Gasteiger partial charge in [0.25, 0.3) is 5.91 Å². The lowest BCUT2D eigenvalue weighted by Crippen LogP contribution is -2.49. The van der Waals surface area contributed by atoms with Crippen LogP contribution in [0.4, 0.5) is 0 Å². The fourth-order valence-electron chi connectivity index (χ4n) is 3.60. The molecule has 0 N–H and O–H groups in total. The first-order valence-corrected chi connectivity index (χ1v) is 9.32. The Balaban J connectivity index is 1.63. The van der Waals surface area contributed by atoms with Crippen LogP contribution in [0.1, 0.15) is 48.5 Å². The van der Waals surface area contributed by atoms with E-state index in [1.54, 1.807) is 0 Å². The zero-order valence-corrected chi connectivity index (χ0v) is 15.2. The maximum Gasteiger partial charge on any atom is 0.253 e. The summed E-state index contributed by atoms with van der Waals surface area (Å²) < 4.78 is 5.32. The molecule has 0 radical (unpaired) electrons. The molecule has 1 unspecified atom stereocenters. The zero-order valence-electron chi connectivity index (χ0n) is 15.2. The predicted octanol–water partition coefficient (Wildman–Crippen LogP) is 2.52. The molecular weight excluding hydrogens is 316 g/mol. The highest BCUT2D eigenvalue weighted by Crippen LogP contribution is 2.22. The molecule has 0 bridgehead atoms. The number of rotatable bonds is 3. The van der Waals surface area contributed by atoms with Crippen molar-refractivity contribution in [1.82, 2.24) is 9.80 Å². The first-order chi connectivity index (χ1) is 12.1. The molecule has 5 heteroatoms. The van der Waals surface area contributed by atoms with Crippen molar-refractivity contribution in [2.24, 2.45) is 5.92 Å². The van der Waals surface area contributed by atoms with Crippen molar-refractivity contribution in [1.29, 1.82) is 0 Å². The number of likely N-dealkylation sites (tertiary alicyclic amines) is 1. The van der Waals surface area contributed by atoms with Crippen LogP contribution in [0.15, 0.2) is 24.3 Å². The number of carbonyl (C=O) groups excluding carboxylic acids is 2. The second-order valence-electron chi connectivity index (χ2n) is 7.30. The van der Waals surface area contributed by atoms with Gasteiger partial charge in [0, 0.05) is 31.7 Å². The minimum Gasteiger partial charge on any atom is -0.378 e. The van der Waals surface area contributed by atoms with Crippen LogP contribution in [0, 0.1) is 5.92 Å². The normalized spacial score (nSPS) is 21.5. The lowest BCUT2D eigenvalue weighted by molar-refractivity contribution is -0.141. The van der Waals surface area contributed by atoms with Crippen LogP contribution in [0.25, 0.3) is 0 Å². The highest BCUT2D eigenvalue weighted by Gasteiger charge is 2.32. The molecule has 2 fully saturated rings. The van der Waals surface area contributed by atoms with Gasteiger partial charge < -0.3 is 14.5 Å². The molecule has 2 aliphatic rings. The van der Waals surface area contributed by atoms with Crippen LogP contribution >= 0.6 is 0 Å². The summed E-state index contributed by atoms with van der Waals surface area (Å²) in [7, 11) is 0. The Labute approximate surface area is 149 Å². The SMILES string of the molecule is CC(C)c1ccc(C(=O)N2CCCC(C(=O)N3CCOCC3)C2)cc1. The van der Waals surface area contributed by atoms with Gasteiger partial charge in [-0.1, -0.05) is 26.0 Å². The van der Waals surface area contributed by atoms with Gasteiger partial charge in [-0.2, -0.15) is 0 Å². The van der Waals surface area contributed by atoms with Crippen molar-refractivity contribution in [3.05, 3.63) is 35.4 Å². The van der Waals surface area contributed by atoms with E-state index in [4.69, 9.17) is 4.74 Å². The van der Waals surface area contributed by atoms with Gasteiger partial charge in [0.15, 0.2) is 0 Å². The van der Waals surface area contributed by atoms with Crippen molar-refractivity contribution in [2.75, 3.05) is 39.4 Å². The Hall–Kier alpha value is -1.88. The maximum atomic E-state index is 12.8. The molecule has 0 spiro atoms. The topological polar surface area (TPSA) is 49.9 Å². The number of amides is 2. The number of nitrogens with zero attached hydrogens (tertiary/aromatic N) is 2. The lowest BCUT2D eigenvalue weighted by atomic mass is 9.95. The number of hydrogen-bond donors (Lipinski definition) is 0. The number of benzene rings is 1. The fraction of sp³-hybridized carbons (Fsp3) is 0.600. The Bertz CT molecular complexity index is 606. The second kappa shape index (κ2) is 8.00. The quantitative estimate of drug-likeness (QED) is 0.847. The third kappa shape index (κ3) is 4.21. The monoisotopic (exact) mass is 344 g/mol. The molecule has 2 aliphatic heterocycles. The molecule has 1 aromatic rings. The summed E-state index contributed by atoms with van der Waals surface area (Å²) >= 11 is 0. The second-order valence-corrected chi connectivity index (χ2v) is 7.30. The van der Waals surface area contributed by atoms with E-state index in [1.807, 2.05) is 34.1 Å². The minimum absolute atomic E-state index is 0.0368. The number of hydrogen-bond acceptors (Lipinski definition) is 3. The van der Waals surface area contributed by atoms with Gasteiger partial charge in [-0.25, -0.2) is 0 Å². The Morgan fingerprint density at radius 2 is 1.72 bits per heavy atom. The lowest BCUT2D eigenvalue weighted by Gasteiger charge is -2.36. The number of morpholine rings is 1. The molecule has 2 heterocycles. The van der Waals surface area contributed by atoms with Crippen LogP contribution in [-0.4, -0.2) is 61.0 Å². The van der Waals surface area contributed by atoms with Gasteiger partial charge >= 0.3 is 0 Å². The Morgan fingerprint density at radius 1 is 1.04 bits per heavy atom. The third-order valence-electron chi connectivity index (χ3n) is 5.20. The van der Waals surface area contributed by atoms with Gasteiger partial charge in [-0.05, 0) is 36.5 Å². The van der Waals surface area contributed by atoms with E-state index in [2.05, 4.69) is 13.8 Å². The maximum absolute atomic E-state index is 12.8. The van der Waals surface area contributed by atoms with Crippen LogP contribution in [0.3, 0.4) is 0 Å². The van der Waals surface area contributed by atoms with Gasteiger partial charge in [-0.15, -0.1) is 0 Å². The minimum atomic E-state index is -0.0780. The van der Waals surface area contributed by atoms with Gasteiger partial charge in [0.1, 0.15) is 0 Å². The third-order valence-corrected chi connectivity index (χ3v) is 5.20. The first kappa shape index (κ1) is 17.9. The highest BCUT2D eigenvalue weighted by molar-refractivity contribution is 5.94. The molecular formula is C20H28N2O3. The average Bonchev–Trinajstić information content (AvgIpc) is 2.67. The summed E-state index contributed by atoms with van der Waals surface area (Å²) in [6.45, 7) is 8.11. The molecule has 2 saturated heterocycles. The molecule has 0 saturated carbocycles. The van der Waals surface area contributed by atoms with Crippen LogP contribution in [0.5, 0.6) is 0 Å².